The van der Waals surface area contributed by atoms with Crippen LogP contribution in [0.15, 0.2) is 30.3 Å². The molecule has 0 saturated carbocycles. The van der Waals surface area contributed by atoms with Crippen LogP contribution in [0.5, 0.6) is 0 Å². The molecule has 1 unspecified atom stereocenters. The minimum absolute atomic E-state index is 0.238. The summed E-state index contributed by atoms with van der Waals surface area (Å²) in [5.41, 5.74) is 1.33. The molecule has 0 radical (unpaired) electrons. The molecule has 1 aromatic heterocycles. The van der Waals surface area contributed by atoms with Crippen molar-refractivity contribution in [2.45, 2.75) is 31.4 Å². The first-order chi connectivity index (χ1) is 11.3. The number of nitrogens with zero attached hydrogens (tertiary/aromatic N) is 1. The second-order valence-electron chi connectivity index (χ2n) is 5.71. The van der Waals surface area contributed by atoms with Crippen LogP contribution < -0.4 is 0 Å². The van der Waals surface area contributed by atoms with Gasteiger partial charge in [-0.25, -0.2) is 0 Å². The molecule has 7 heteroatoms. The highest BCUT2D eigenvalue weighted by atomic mass is 35.5. The van der Waals surface area contributed by atoms with E-state index in [2.05, 4.69) is 4.98 Å². The van der Waals surface area contributed by atoms with Crippen molar-refractivity contribution >= 4 is 17.6 Å². The van der Waals surface area contributed by atoms with Gasteiger partial charge in [-0.05, 0) is 43.0 Å². The molecule has 1 aromatic carbocycles. The van der Waals surface area contributed by atoms with Gasteiger partial charge in [-0.15, -0.1) is 0 Å². The molecule has 0 spiro atoms. The van der Waals surface area contributed by atoms with Crippen molar-refractivity contribution in [3.05, 3.63) is 52.2 Å². The molecule has 3 nitrogen and oxygen atoms in total. The number of aromatic nitrogens is 1. The molecule has 1 aliphatic carbocycles. The Balaban J connectivity index is 2.02. The van der Waals surface area contributed by atoms with E-state index in [1.54, 1.807) is 6.07 Å². The summed E-state index contributed by atoms with van der Waals surface area (Å²) in [5, 5.41) is 9.53. The van der Waals surface area contributed by atoms with E-state index in [4.69, 9.17) is 11.6 Å². The molecule has 126 valence electrons. The molecular formula is C17H13ClF3NO2. The summed E-state index contributed by atoms with van der Waals surface area (Å²) in [6.45, 7) is 0. The van der Waals surface area contributed by atoms with E-state index in [0.29, 0.717) is 41.8 Å². The average molecular weight is 356 g/mol. The van der Waals surface area contributed by atoms with Crippen LogP contribution in [0, 0.1) is 0 Å². The van der Waals surface area contributed by atoms with Gasteiger partial charge in [-0.3, -0.25) is 9.78 Å². The van der Waals surface area contributed by atoms with E-state index in [-0.39, 0.29) is 5.02 Å². The van der Waals surface area contributed by atoms with Gasteiger partial charge in [-0.1, -0.05) is 23.7 Å². The number of fused-ring (bicyclic) bond motifs is 1. The van der Waals surface area contributed by atoms with Crippen molar-refractivity contribution < 1.29 is 23.1 Å². The van der Waals surface area contributed by atoms with Crippen molar-refractivity contribution in [3.63, 3.8) is 0 Å². The fraction of sp³-hybridized carbons (Fsp3) is 0.294. The van der Waals surface area contributed by atoms with Gasteiger partial charge in [0, 0.05) is 11.3 Å². The smallest absolute Gasteiger partial charge is 0.416 e. The molecule has 0 fully saturated rings. The van der Waals surface area contributed by atoms with Crippen molar-refractivity contribution in [1.82, 2.24) is 4.98 Å². The number of alkyl halides is 3. The van der Waals surface area contributed by atoms with Crippen LogP contribution in [0.25, 0.3) is 11.3 Å². The monoisotopic (exact) mass is 355 g/mol. The molecular weight excluding hydrogens is 343 g/mol. The van der Waals surface area contributed by atoms with E-state index in [0.717, 1.165) is 12.1 Å². The third-order valence-electron chi connectivity index (χ3n) is 4.15. The fourth-order valence-electron chi connectivity index (χ4n) is 2.95. The summed E-state index contributed by atoms with van der Waals surface area (Å²) in [6, 6.07) is 6.18. The Morgan fingerprint density at radius 1 is 1.25 bits per heavy atom. The number of benzene rings is 1. The lowest BCUT2D eigenvalue weighted by atomic mass is 9.85. The summed E-state index contributed by atoms with van der Waals surface area (Å²) < 4.78 is 37.9. The fourth-order valence-corrected chi connectivity index (χ4v) is 3.22. The zero-order valence-corrected chi connectivity index (χ0v) is 13.2. The number of carbonyl (C=O) groups is 1. The average Bonchev–Trinajstić information content (AvgIpc) is 2.53. The van der Waals surface area contributed by atoms with Crippen LogP contribution in [0.1, 0.15) is 35.6 Å². The number of aryl methyl sites for hydroxylation is 1. The Hall–Kier alpha value is -2.08. The van der Waals surface area contributed by atoms with E-state index >= 15 is 0 Å². The van der Waals surface area contributed by atoms with Gasteiger partial charge in [0.1, 0.15) is 0 Å². The molecule has 0 aliphatic heterocycles. The maximum Gasteiger partial charge on any atom is 0.416 e. The Morgan fingerprint density at radius 3 is 2.50 bits per heavy atom. The third kappa shape index (κ3) is 3.11. The van der Waals surface area contributed by atoms with Gasteiger partial charge in [0.2, 0.25) is 0 Å². The number of aliphatic carboxylic acids is 1. The molecule has 24 heavy (non-hydrogen) atoms. The first-order valence-electron chi connectivity index (χ1n) is 7.37. The van der Waals surface area contributed by atoms with Gasteiger partial charge >= 0.3 is 12.1 Å². The van der Waals surface area contributed by atoms with E-state index in [1.165, 1.54) is 12.1 Å². The Labute approximate surface area is 141 Å². The highest BCUT2D eigenvalue weighted by Gasteiger charge is 2.31. The quantitative estimate of drug-likeness (QED) is 0.831. The predicted molar refractivity (Wildman–Crippen MR) is 83.0 cm³/mol. The molecule has 1 heterocycles. The molecule has 2 aromatic rings. The number of hydrogen-bond acceptors (Lipinski definition) is 2. The Kier molecular flexibility index (Phi) is 4.25. The number of carboxylic acid groups (broad SMARTS) is 1. The highest BCUT2D eigenvalue weighted by Crippen LogP contribution is 2.37. The van der Waals surface area contributed by atoms with Crippen LogP contribution in [0.3, 0.4) is 0 Å². The lowest BCUT2D eigenvalue weighted by Crippen LogP contribution is -2.19. The van der Waals surface area contributed by atoms with Crippen molar-refractivity contribution in [1.29, 1.82) is 0 Å². The van der Waals surface area contributed by atoms with Crippen LogP contribution in [-0.2, 0) is 17.4 Å². The van der Waals surface area contributed by atoms with E-state index in [9.17, 15) is 23.1 Å². The van der Waals surface area contributed by atoms with Gasteiger partial charge in [0.15, 0.2) is 0 Å². The zero-order valence-electron chi connectivity index (χ0n) is 12.4. The van der Waals surface area contributed by atoms with Crippen molar-refractivity contribution in [2.24, 2.45) is 0 Å². The first-order valence-corrected chi connectivity index (χ1v) is 7.75. The number of pyridine rings is 1. The Morgan fingerprint density at radius 2 is 1.92 bits per heavy atom. The molecule has 0 saturated heterocycles. The third-order valence-corrected chi connectivity index (χ3v) is 4.44. The topological polar surface area (TPSA) is 50.2 Å². The SMILES string of the molecule is O=C(O)C1CCCc2nc(-c3ccc(C(F)(F)F)cc3)c(Cl)cc21. The molecule has 1 atom stereocenters. The van der Waals surface area contributed by atoms with Crippen LogP contribution in [-0.4, -0.2) is 16.1 Å². The standard InChI is InChI=1S/C17H13ClF3NO2/c18-13-8-12-11(16(23)24)2-1-3-14(12)22-15(13)9-4-6-10(7-5-9)17(19,20)21/h4-8,11H,1-3H2,(H,23,24). The number of halogens is 4. The molecule has 0 amide bonds. The van der Waals surface area contributed by atoms with Crippen molar-refractivity contribution in [3.8, 4) is 11.3 Å². The molecule has 0 bridgehead atoms. The molecule has 1 N–H and O–H groups in total. The second kappa shape index (κ2) is 6.09. The molecule has 1 aliphatic rings. The van der Waals surface area contributed by atoms with Crippen LogP contribution >= 0.6 is 11.6 Å². The predicted octanol–water partition coefficient (Wildman–Crippen LogP) is 4.93. The summed E-state index contributed by atoms with van der Waals surface area (Å²) >= 11 is 6.22. The van der Waals surface area contributed by atoms with Crippen molar-refractivity contribution in [2.75, 3.05) is 0 Å². The van der Waals surface area contributed by atoms with E-state index in [1.807, 2.05) is 0 Å². The maximum absolute atomic E-state index is 12.6. The van der Waals surface area contributed by atoms with Gasteiger partial charge in [-0.2, -0.15) is 13.2 Å². The normalized spacial score (nSPS) is 17.4. The number of rotatable bonds is 2. The largest absolute Gasteiger partial charge is 0.481 e. The minimum atomic E-state index is -4.40. The first kappa shape index (κ1) is 16.8. The van der Waals surface area contributed by atoms with E-state index < -0.39 is 23.6 Å². The zero-order chi connectivity index (χ0) is 17.5. The summed E-state index contributed by atoms with van der Waals surface area (Å²) in [6.07, 6.45) is -2.55. The highest BCUT2D eigenvalue weighted by molar-refractivity contribution is 6.33. The summed E-state index contributed by atoms with van der Waals surface area (Å²) in [4.78, 5) is 15.8. The molecule has 3 rings (SSSR count). The van der Waals surface area contributed by atoms with Crippen LogP contribution in [0.4, 0.5) is 13.2 Å². The van der Waals surface area contributed by atoms with Gasteiger partial charge in [0.25, 0.3) is 0 Å². The summed E-state index contributed by atoms with van der Waals surface area (Å²) in [5.74, 6) is -1.56. The number of hydrogen-bond donors (Lipinski definition) is 1. The summed E-state index contributed by atoms with van der Waals surface area (Å²) in [7, 11) is 0. The second-order valence-corrected chi connectivity index (χ2v) is 6.12. The minimum Gasteiger partial charge on any atom is -0.481 e. The van der Waals surface area contributed by atoms with Gasteiger partial charge < -0.3 is 5.11 Å². The van der Waals surface area contributed by atoms with Gasteiger partial charge in [0.05, 0.1) is 22.2 Å². The lowest BCUT2D eigenvalue weighted by Gasteiger charge is -2.22. The Bertz CT molecular complexity index is 788. The lowest BCUT2D eigenvalue weighted by molar-refractivity contribution is -0.139. The van der Waals surface area contributed by atoms with Crippen LogP contribution in [0.2, 0.25) is 5.02 Å². The maximum atomic E-state index is 12.6. The number of carboxylic acids is 1.